The number of carbonyl (C=O) groups is 4. The SMILES string of the molecule is O=C(O)CCC(=O)NCCCOCCOCCOCCOCCOCCOCCOCCOCCOCCOCCOCCOCCNC(=O)COCC(=O)O. The van der Waals surface area contributed by atoms with Gasteiger partial charge in [-0.15, -0.1) is 0 Å². The quantitative estimate of drug-likeness (QED) is 0.0525. The van der Waals surface area contributed by atoms with Gasteiger partial charge in [-0.3, -0.25) is 14.4 Å². The van der Waals surface area contributed by atoms with Crippen LogP contribution in [0.3, 0.4) is 0 Å². The number of rotatable bonds is 47. The number of carbonyl (C=O) groups excluding carboxylic acids is 2. The first-order valence-corrected chi connectivity index (χ1v) is 18.9. The lowest BCUT2D eigenvalue weighted by Crippen LogP contribution is -2.31. The van der Waals surface area contributed by atoms with Crippen LogP contribution in [-0.4, -0.2) is 219 Å². The molecule has 0 saturated carbocycles. The van der Waals surface area contributed by atoms with Crippen LogP contribution in [0.2, 0.25) is 0 Å². The van der Waals surface area contributed by atoms with Crippen LogP contribution in [0.1, 0.15) is 19.3 Å². The maximum Gasteiger partial charge on any atom is 0.329 e. The summed E-state index contributed by atoms with van der Waals surface area (Å²) in [5.41, 5.74) is 0. The third kappa shape index (κ3) is 47.5. The Labute approximate surface area is 329 Å². The maximum absolute atomic E-state index is 11.4. The summed E-state index contributed by atoms with van der Waals surface area (Å²) in [5.74, 6) is -2.80. The van der Waals surface area contributed by atoms with E-state index in [0.29, 0.717) is 178 Å². The van der Waals surface area contributed by atoms with Crippen LogP contribution in [-0.2, 0) is 80.8 Å². The average molecular weight is 819 g/mol. The second-order valence-corrected chi connectivity index (χ2v) is 11.2. The van der Waals surface area contributed by atoms with Crippen molar-refractivity contribution < 1.29 is 91.0 Å². The standard InChI is InChI=1S/C35H66N2O19/c38-32(2-3-34(40)41)36-4-1-6-44-8-10-46-12-14-48-16-18-50-20-22-52-24-26-54-28-29-55-27-25-53-23-21-51-19-17-49-15-13-47-11-9-45-7-5-37-33(39)30-56-31-35(42)43/h1-31H2,(H,36,38)(H,37,39)(H,40,41)(H,42,43). The summed E-state index contributed by atoms with van der Waals surface area (Å²) in [6.07, 6.45) is 0.452. The number of carboxylic acid groups (broad SMARTS) is 2. The monoisotopic (exact) mass is 818 g/mol. The minimum atomic E-state index is -1.13. The summed E-state index contributed by atoms with van der Waals surface area (Å²) in [4.78, 5) is 43.5. The van der Waals surface area contributed by atoms with Gasteiger partial charge in [0.15, 0.2) is 0 Å². The zero-order valence-corrected chi connectivity index (χ0v) is 32.8. The van der Waals surface area contributed by atoms with E-state index in [-0.39, 0.29) is 25.4 Å². The van der Waals surface area contributed by atoms with Crippen LogP contribution >= 0.6 is 0 Å². The van der Waals surface area contributed by atoms with E-state index in [4.69, 9.17) is 67.1 Å². The second kappa shape index (κ2) is 45.1. The highest BCUT2D eigenvalue weighted by Gasteiger charge is 2.05. The molecule has 0 atom stereocenters. The zero-order valence-electron chi connectivity index (χ0n) is 32.8. The number of ether oxygens (including phenoxy) is 13. The summed E-state index contributed by atoms with van der Waals surface area (Å²) in [5, 5.41) is 22.2. The highest BCUT2D eigenvalue weighted by molar-refractivity contribution is 5.80. The van der Waals surface area contributed by atoms with Gasteiger partial charge in [0.25, 0.3) is 0 Å². The topological polar surface area (TPSA) is 253 Å². The molecule has 0 aliphatic heterocycles. The molecule has 0 unspecified atom stereocenters. The number of aliphatic carboxylic acids is 2. The van der Waals surface area contributed by atoms with Gasteiger partial charge >= 0.3 is 11.9 Å². The molecular weight excluding hydrogens is 752 g/mol. The first kappa shape index (κ1) is 53.4. The first-order valence-electron chi connectivity index (χ1n) is 18.9. The van der Waals surface area contributed by atoms with Crippen molar-refractivity contribution in [2.45, 2.75) is 19.3 Å². The number of amides is 2. The molecular formula is C35H66N2O19. The zero-order chi connectivity index (χ0) is 40.8. The molecule has 0 spiro atoms. The molecule has 0 aliphatic carbocycles. The van der Waals surface area contributed by atoms with E-state index in [1.165, 1.54) is 0 Å². The number of hydrogen-bond acceptors (Lipinski definition) is 17. The van der Waals surface area contributed by atoms with E-state index in [0.717, 1.165) is 0 Å². The van der Waals surface area contributed by atoms with Gasteiger partial charge in [0, 0.05) is 26.1 Å². The largest absolute Gasteiger partial charge is 0.481 e. The van der Waals surface area contributed by atoms with Crippen molar-refractivity contribution in [3.8, 4) is 0 Å². The average Bonchev–Trinajstić information content (AvgIpc) is 3.17. The predicted octanol–water partition coefficient (Wildman–Crippen LogP) is -1.23. The van der Waals surface area contributed by atoms with E-state index in [1.807, 2.05) is 0 Å². The molecule has 0 aliphatic rings. The molecule has 330 valence electrons. The summed E-state index contributed by atoms with van der Waals surface area (Å²) < 4.78 is 69.9. The highest BCUT2D eigenvalue weighted by Crippen LogP contribution is 1.91. The van der Waals surface area contributed by atoms with Crippen LogP contribution in [0, 0.1) is 0 Å². The van der Waals surface area contributed by atoms with E-state index >= 15 is 0 Å². The van der Waals surface area contributed by atoms with Crippen molar-refractivity contribution in [3.05, 3.63) is 0 Å². The van der Waals surface area contributed by atoms with Crippen LogP contribution in [0.25, 0.3) is 0 Å². The Morgan fingerprint density at radius 1 is 0.304 bits per heavy atom. The minimum Gasteiger partial charge on any atom is -0.481 e. The van der Waals surface area contributed by atoms with Gasteiger partial charge in [0.05, 0.1) is 158 Å². The lowest BCUT2D eigenvalue weighted by Gasteiger charge is -2.09. The van der Waals surface area contributed by atoms with Gasteiger partial charge in [0.1, 0.15) is 13.2 Å². The van der Waals surface area contributed by atoms with Gasteiger partial charge in [-0.05, 0) is 6.42 Å². The smallest absolute Gasteiger partial charge is 0.329 e. The van der Waals surface area contributed by atoms with Crippen molar-refractivity contribution in [1.29, 1.82) is 0 Å². The summed E-state index contributed by atoms with van der Waals surface area (Å²) in [7, 11) is 0. The van der Waals surface area contributed by atoms with Crippen LogP contribution in [0.4, 0.5) is 0 Å². The van der Waals surface area contributed by atoms with E-state index in [1.54, 1.807) is 0 Å². The van der Waals surface area contributed by atoms with Crippen molar-refractivity contribution >= 4 is 23.8 Å². The molecule has 21 nitrogen and oxygen atoms in total. The number of carboxylic acids is 2. The molecule has 0 aromatic heterocycles. The Morgan fingerprint density at radius 3 is 0.929 bits per heavy atom. The Morgan fingerprint density at radius 2 is 0.607 bits per heavy atom. The summed E-state index contributed by atoms with van der Waals surface area (Å²) >= 11 is 0. The van der Waals surface area contributed by atoms with E-state index in [9.17, 15) is 19.2 Å². The molecule has 56 heavy (non-hydrogen) atoms. The third-order valence-electron chi connectivity index (χ3n) is 6.47. The molecule has 0 aromatic carbocycles. The predicted molar refractivity (Wildman–Crippen MR) is 196 cm³/mol. The Balaban J connectivity index is 3.12. The highest BCUT2D eigenvalue weighted by atomic mass is 16.6. The molecule has 0 heterocycles. The van der Waals surface area contributed by atoms with Crippen molar-refractivity contribution in [1.82, 2.24) is 10.6 Å². The lowest BCUT2D eigenvalue weighted by molar-refractivity contribution is -0.143. The van der Waals surface area contributed by atoms with Crippen LogP contribution in [0.5, 0.6) is 0 Å². The van der Waals surface area contributed by atoms with Gasteiger partial charge in [-0.2, -0.15) is 0 Å². The van der Waals surface area contributed by atoms with Gasteiger partial charge < -0.3 is 82.4 Å². The van der Waals surface area contributed by atoms with E-state index in [2.05, 4.69) is 15.4 Å². The van der Waals surface area contributed by atoms with Gasteiger partial charge in [-0.1, -0.05) is 0 Å². The van der Waals surface area contributed by atoms with Crippen LogP contribution < -0.4 is 10.6 Å². The Bertz CT molecular complexity index is 905. The first-order chi connectivity index (χ1) is 27.4. The third-order valence-corrected chi connectivity index (χ3v) is 6.47. The molecule has 0 bridgehead atoms. The van der Waals surface area contributed by atoms with Crippen molar-refractivity contribution in [2.24, 2.45) is 0 Å². The molecule has 0 saturated heterocycles. The Kier molecular flexibility index (Phi) is 42.9. The molecule has 21 heteroatoms. The molecule has 0 radical (unpaired) electrons. The minimum absolute atomic E-state index is 0.0183. The van der Waals surface area contributed by atoms with Gasteiger partial charge in [-0.25, -0.2) is 4.79 Å². The number of hydrogen-bond donors (Lipinski definition) is 4. The molecule has 2 amide bonds. The van der Waals surface area contributed by atoms with Crippen LogP contribution in [0.15, 0.2) is 0 Å². The Hall–Kier alpha value is -2.64. The molecule has 0 aromatic rings. The number of nitrogens with one attached hydrogen (secondary N) is 2. The molecule has 4 N–H and O–H groups in total. The maximum atomic E-state index is 11.4. The van der Waals surface area contributed by atoms with E-state index < -0.39 is 24.5 Å². The normalized spacial score (nSPS) is 11.2. The fourth-order valence-corrected chi connectivity index (χ4v) is 3.78. The fourth-order valence-electron chi connectivity index (χ4n) is 3.78. The molecule has 0 rings (SSSR count). The van der Waals surface area contributed by atoms with Crippen molar-refractivity contribution in [2.75, 3.05) is 185 Å². The van der Waals surface area contributed by atoms with Crippen molar-refractivity contribution in [3.63, 3.8) is 0 Å². The fraction of sp³-hybridized carbons (Fsp3) is 0.886. The van der Waals surface area contributed by atoms with Gasteiger partial charge in [0.2, 0.25) is 11.8 Å². The lowest BCUT2D eigenvalue weighted by atomic mass is 10.3. The summed E-state index contributed by atoms with van der Waals surface area (Å²) in [6.45, 7) is 10.5. The second-order valence-electron chi connectivity index (χ2n) is 11.2. The summed E-state index contributed by atoms with van der Waals surface area (Å²) in [6, 6.07) is 0. The molecule has 0 fully saturated rings.